The molecule has 4 rings (SSSR count). The van der Waals surface area contributed by atoms with Gasteiger partial charge >= 0.3 is 5.97 Å². The summed E-state index contributed by atoms with van der Waals surface area (Å²) in [7, 11) is 0. The number of hydrogen-bond donors (Lipinski definition) is 3. The third-order valence-corrected chi connectivity index (χ3v) is 10.1. The van der Waals surface area contributed by atoms with E-state index in [-0.39, 0.29) is 41.9 Å². The fraction of sp³-hybridized carbons (Fsp3) is 0.962. The Morgan fingerprint density at radius 1 is 1.13 bits per heavy atom. The number of fused-ring (bicyclic) bond motifs is 5. The highest BCUT2D eigenvalue weighted by Gasteiger charge is 2.64. The molecule has 0 saturated heterocycles. The zero-order chi connectivity index (χ0) is 26.4. The average Bonchev–Trinajstić information content (AvgIpc) is 3.09. The molecule has 4 aliphatic carbocycles. The van der Waals surface area contributed by atoms with Gasteiger partial charge in [0.25, 0.3) is 0 Å². The monoisotopic (exact) mass is 425 g/mol. The Morgan fingerprint density at radius 3 is 2.50 bits per heavy atom. The van der Waals surface area contributed by atoms with Crippen molar-refractivity contribution >= 4 is 5.97 Å². The Hall–Kier alpha value is -0.610. The van der Waals surface area contributed by atoms with Gasteiger partial charge < -0.3 is 15.3 Å². The highest BCUT2D eigenvalue weighted by atomic mass is 16.4. The van der Waals surface area contributed by atoms with Gasteiger partial charge in [0.15, 0.2) is 0 Å². The first-order valence-electron chi connectivity index (χ1n) is 14.6. The minimum Gasteiger partial charge on any atom is -0.481 e. The average molecular weight is 426 g/mol. The lowest BCUT2D eigenvalue weighted by Crippen LogP contribution is -2.62. The van der Waals surface area contributed by atoms with E-state index in [1.54, 1.807) is 0 Å². The van der Waals surface area contributed by atoms with E-state index in [2.05, 4.69) is 13.8 Å². The second kappa shape index (κ2) is 8.06. The third-order valence-electron chi connectivity index (χ3n) is 10.1. The van der Waals surface area contributed by atoms with Gasteiger partial charge in [-0.05, 0) is 104 Å². The van der Waals surface area contributed by atoms with Gasteiger partial charge in [-0.3, -0.25) is 4.79 Å². The van der Waals surface area contributed by atoms with Crippen LogP contribution in [0.5, 0.6) is 0 Å². The molecule has 0 spiro atoms. The van der Waals surface area contributed by atoms with E-state index in [1.165, 1.54) is 0 Å². The van der Waals surface area contributed by atoms with Crippen LogP contribution >= 0.6 is 0 Å². The number of hydrogen-bond acceptors (Lipinski definition) is 3. The number of carbonyl (C=O) groups is 1. The van der Waals surface area contributed by atoms with Gasteiger partial charge in [-0.1, -0.05) is 34.1 Å². The maximum Gasteiger partial charge on any atom is 0.303 e. The first kappa shape index (κ1) is 16.9. The van der Waals surface area contributed by atoms with Crippen molar-refractivity contribution in [3.63, 3.8) is 0 Å². The predicted molar refractivity (Wildman–Crippen MR) is 118 cm³/mol. The van der Waals surface area contributed by atoms with Crippen molar-refractivity contribution in [2.75, 3.05) is 0 Å². The zero-order valence-corrected chi connectivity index (χ0v) is 19.0. The second-order valence-corrected chi connectivity index (χ2v) is 11.3. The second-order valence-electron chi connectivity index (χ2n) is 11.3. The molecular formula is C26H44O4. The van der Waals surface area contributed by atoms with E-state index in [4.69, 9.17) is 6.85 Å². The number of aliphatic carboxylic acids is 1. The lowest BCUT2D eigenvalue weighted by atomic mass is 9.41. The molecule has 3 N–H and O–H groups in total. The molecule has 0 aliphatic heterocycles. The Balaban J connectivity index is 1.73. The number of carboxylic acids is 1. The van der Waals surface area contributed by atoms with E-state index in [9.17, 15) is 20.1 Å². The van der Waals surface area contributed by atoms with Crippen LogP contribution in [0.4, 0.5) is 0 Å². The van der Waals surface area contributed by atoms with Crippen molar-refractivity contribution in [1.82, 2.24) is 0 Å². The summed E-state index contributed by atoms with van der Waals surface area (Å²) < 4.78 is 43.2. The fourth-order valence-corrected chi connectivity index (χ4v) is 8.63. The quantitative estimate of drug-likeness (QED) is 0.572. The van der Waals surface area contributed by atoms with Crippen LogP contribution in [0.1, 0.15) is 98.7 Å². The highest BCUT2D eigenvalue weighted by molar-refractivity contribution is 5.66. The van der Waals surface area contributed by atoms with Crippen molar-refractivity contribution in [2.45, 2.75) is 104 Å². The maximum absolute atomic E-state index is 11.8. The Kier molecular flexibility index (Phi) is 4.56. The maximum atomic E-state index is 11.8. The first-order chi connectivity index (χ1) is 16.0. The van der Waals surface area contributed by atoms with Crippen molar-refractivity contribution in [2.24, 2.45) is 52.3 Å². The van der Waals surface area contributed by atoms with Gasteiger partial charge in [0.1, 0.15) is 0 Å². The van der Waals surface area contributed by atoms with Crippen LogP contribution in [0, 0.1) is 52.3 Å². The molecule has 4 unspecified atom stereocenters. The summed E-state index contributed by atoms with van der Waals surface area (Å²) in [6, 6.07) is 0. The molecule has 4 saturated carbocycles. The van der Waals surface area contributed by atoms with E-state index >= 15 is 0 Å². The molecule has 0 bridgehead atoms. The molecular weight excluding hydrogens is 376 g/mol. The number of aliphatic hydroxyl groups excluding tert-OH is 1. The standard InChI is InChI=1S/C26H44O4/c1-5-17-21-14-16(27)10-12-26(21,4)20-11-13-25(3)18(15(2)6-9-22(28)29)7-8-19(25)23(20)24(17)30/h15-21,23-24,27,30H,5-14H2,1-4H3,(H,28,29)/t15-,16+,17-,18-,19?,20?,21+,23?,24?,25-,26-/m1/s1/i10D2,14D2,16D. The molecule has 4 nitrogen and oxygen atoms in total. The lowest BCUT2D eigenvalue weighted by molar-refractivity contribution is -0.203. The molecule has 0 aromatic heterocycles. The van der Waals surface area contributed by atoms with Gasteiger partial charge in [0, 0.05) is 11.9 Å². The lowest BCUT2D eigenvalue weighted by Gasteiger charge is -2.64. The summed E-state index contributed by atoms with van der Waals surface area (Å²) in [6.07, 6.45) is -3.77. The topological polar surface area (TPSA) is 77.8 Å². The fourth-order valence-electron chi connectivity index (χ4n) is 8.63. The summed E-state index contributed by atoms with van der Waals surface area (Å²) in [5.41, 5.74) is -0.816. The van der Waals surface area contributed by atoms with Crippen LogP contribution < -0.4 is 0 Å². The molecule has 0 amide bonds. The van der Waals surface area contributed by atoms with Crippen molar-refractivity contribution in [3.05, 3.63) is 0 Å². The van der Waals surface area contributed by atoms with Crippen LogP contribution in [0.3, 0.4) is 0 Å². The van der Waals surface area contributed by atoms with Crippen LogP contribution in [-0.2, 0) is 4.79 Å². The highest BCUT2D eigenvalue weighted by Crippen LogP contribution is 2.69. The summed E-state index contributed by atoms with van der Waals surface area (Å²) in [6.45, 7) is 8.33. The predicted octanol–water partition coefficient (Wildman–Crippen LogP) is 5.11. The largest absolute Gasteiger partial charge is 0.481 e. The van der Waals surface area contributed by atoms with Gasteiger partial charge in [-0.2, -0.15) is 0 Å². The summed E-state index contributed by atoms with van der Waals surface area (Å²) in [4.78, 5) is 11.2. The van der Waals surface area contributed by atoms with E-state index in [0.29, 0.717) is 18.8 Å². The molecule has 11 atom stereocenters. The Morgan fingerprint density at radius 2 is 1.83 bits per heavy atom. The molecule has 4 aliphatic rings. The smallest absolute Gasteiger partial charge is 0.303 e. The molecule has 0 aromatic carbocycles. The molecule has 30 heavy (non-hydrogen) atoms. The van der Waals surface area contributed by atoms with Crippen LogP contribution in [0.2, 0.25) is 0 Å². The van der Waals surface area contributed by atoms with E-state index in [0.717, 1.165) is 25.7 Å². The normalized spacial score (nSPS) is 59.8. The van der Waals surface area contributed by atoms with Crippen molar-refractivity contribution in [1.29, 1.82) is 0 Å². The molecule has 0 heterocycles. The molecule has 0 aromatic rings. The van der Waals surface area contributed by atoms with Crippen LogP contribution in [0.25, 0.3) is 0 Å². The number of aliphatic hydroxyl groups is 2. The van der Waals surface area contributed by atoms with E-state index < -0.39 is 48.1 Å². The number of rotatable bonds is 5. The molecule has 4 fully saturated rings. The molecule has 0 radical (unpaired) electrons. The SMILES string of the molecule is [2H]C1([2H])C[C@]2(C)C3CC[C@@]4(C)C(CC[C@@H]4[C@H](C)CCC(=O)O)C3C(O)[C@H](CC)[C@@H]2C([2H])([2H])[C@@]1([2H])O. The molecule has 172 valence electrons. The first-order valence-corrected chi connectivity index (χ1v) is 12.1. The van der Waals surface area contributed by atoms with Gasteiger partial charge in [0.05, 0.1) is 13.6 Å². The van der Waals surface area contributed by atoms with Gasteiger partial charge in [-0.25, -0.2) is 0 Å². The zero-order valence-electron chi connectivity index (χ0n) is 24.0. The summed E-state index contributed by atoms with van der Waals surface area (Å²) in [5.74, 6) is -1.36. The van der Waals surface area contributed by atoms with E-state index in [1.807, 2.05) is 13.8 Å². The molecule has 4 heteroatoms. The van der Waals surface area contributed by atoms with Gasteiger partial charge in [-0.15, -0.1) is 0 Å². The van der Waals surface area contributed by atoms with Crippen molar-refractivity contribution < 1.29 is 27.0 Å². The summed E-state index contributed by atoms with van der Waals surface area (Å²) >= 11 is 0. The van der Waals surface area contributed by atoms with Crippen molar-refractivity contribution in [3.8, 4) is 0 Å². The Labute approximate surface area is 189 Å². The van der Waals surface area contributed by atoms with Crippen LogP contribution in [0.15, 0.2) is 0 Å². The third kappa shape index (κ3) is 3.36. The van der Waals surface area contributed by atoms with Gasteiger partial charge in [0.2, 0.25) is 0 Å². The Bertz CT molecular complexity index is 850. The minimum absolute atomic E-state index is 0.0373. The summed E-state index contributed by atoms with van der Waals surface area (Å²) in [5, 5.41) is 31.9. The number of carboxylic acid groups (broad SMARTS) is 1. The minimum atomic E-state index is -2.88. The van der Waals surface area contributed by atoms with Crippen LogP contribution in [-0.4, -0.2) is 33.5 Å².